The molecule has 3 nitrogen and oxygen atoms in total. The molecule has 0 amide bonds. The molecule has 0 aromatic heterocycles. The first-order valence-electron chi connectivity index (χ1n) is 10.2. The van der Waals surface area contributed by atoms with Crippen molar-refractivity contribution in [3.8, 4) is 0 Å². The molecule has 1 aliphatic rings. The van der Waals surface area contributed by atoms with Gasteiger partial charge in [-0.1, -0.05) is 75.8 Å². The van der Waals surface area contributed by atoms with Crippen molar-refractivity contribution in [1.82, 2.24) is 0 Å². The first-order chi connectivity index (χ1) is 13.5. The Morgan fingerprint density at radius 3 is 2.14 bits per heavy atom. The second kappa shape index (κ2) is 7.62. The van der Waals surface area contributed by atoms with Crippen molar-refractivity contribution < 1.29 is 4.84 Å². The molecule has 0 aliphatic heterocycles. The number of hydrogen-bond acceptors (Lipinski definition) is 3. The van der Waals surface area contributed by atoms with Crippen LogP contribution in [0, 0.1) is 12.3 Å². The maximum atomic E-state index is 7.71. The molecule has 29 heavy (non-hydrogen) atoms. The molecule has 0 saturated heterocycles. The van der Waals surface area contributed by atoms with Gasteiger partial charge in [0.25, 0.3) is 0 Å². The number of rotatable bonds is 5. The van der Waals surface area contributed by atoms with E-state index in [1.807, 2.05) is 12.1 Å². The van der Waals surface area contributed by atoms with Crippen LogP contribution in [-0.2, 0) is 22.1 Å². The van der Waals surface area contributed by atoms with Crippen LogP contribution in [0.25, 0.3) is 5.57 Å². The van der Waals surface area contributed by atoms with Crippen LogP contribution in [0.1, 0.15) is 73.9 Å². The zero-order valence-corrected chi connectivity index (χ0v) is 18.4. The zero-order valence-electron chi connectivity index (χ0n) is 18.4. The summed E-state index contributed by atoms with van der Waals surface area (Å²) < 4.78 is 0. The quantitative estimate of drug-likeness (QED) is 0.352. The Morgan fingerprint density at radius 2 is 1.59 bits per heavy atom. The number of fused-ring (bicyclic) bond motifs is 1. The highest BCUT2D eigenvalue weighted by Gasteiger charge is 2.37. The SMILES string of the molecule is C=NOC(=N)Cc1ccc(C(=C)c2cc3c(cc2C)C(C)(C)CCC3(C)C)cc1. The third-order valence-corrected chi connectivity index (χ3v) is 6.36. The molecule has 0 atom stereocenters. The van der Waals surface area contributed by atoms with Crippen LogP contribution in [0.3, 0.4) is 0 Å². The zero-order chi connectivity index (χ0) is 21.4. The van der Waals surface area contributed by atoms with Gasteiger partial charge in [0.15, 0.2) is 0 Å². The summed E-state index contributed by atoms with van der Waals surface area (Å²) in [5, 5.41) is 11.0. The molecule has 0 radical (unpaired) electrons. The van der Waals surface area contributed by atoms with Gasteiger partial charge in [-0.25, -0.2) is 0 Å². The minimum absolute atomic E-state index is 0.0851. The summed E-state index contributed by atoms with van der Waals surface area (Å²) in [7, 11) is 0. The lowest BCUT2D eigenvalue weighted by atomic mass is 9.62. The van der Waals surface area contributed by atoms with E-state index in [-0.39, 0.29) is 16.7 Å². The average molecular weight is 389 g/mol. The van der Waals surface area contributed by atoms with Crippen molar-refractivity contribution in [2.45, 2.75) is 64.7 Å². The monoisotopic (exact) mass is 388 g/mol. The largest absolute Gasteiger partial charge is 0.342 e. The summed E-state index contributed by atoms with van der Waals surface area (Å²) in [6, 6.07) is 12.9. The highest BCUT2D eigenvalue weighted by molar-refractivity contribution is 5.81. The van der Waals surface area contributed by atoms with Crippen molar-refractivity contribution in [3.05, 3.63) is 76.4 Å². The summed E-state index contributed by atoms with van der Waals surface area (Å²) >= 11 is 0. The minimum Gasteiger partial charge on any atom is -0.342 e. The molecule has 3 rings (SSSR count). The van der Waals surface area contributed by atoms with Crippen LogP contribution >= 0.6 is 0 Å². The normalized spacial score (nSPS) is 16.6. The molecule has 152 valence electrons. The number of hydrogen-bond donors (Lipinski definition) is 1. The Kier molecular flexibility index (Phi) is 5.53. The number of aryl methyl sites for hydroxylation is 1. The predicted octanol–water partition coefficient (Wildman–Crippen LogP) is 6.56. The van der Waals surface area contributed by atoms with Crippen LogP contribution in [0.15, 0.2) is 48.1 Å². The first-order valence-corrected chi connectivity index (χ1v) is 10.2. The molecule has 1 aliphatic carbocycles. The Morgan fingerprint density at radius 1 is 1.03 bits per heavy atom. The maximum absolute atomic E-state index is 7.71. The van der Waals surface area contributed by atoms with E-state index in [0.29, 0.717) is 6.42 Å². The van der Waals surface area contributed by atoms with Crippen LogP contribution in [0.5, 0.6) is 0 Å². The molecule has 0 fully saturated rings. The van der Waals surface area contributed by atoms with Crippen molar-refractivity contribution in [2.75, 3.05) is 0 Å². The van der Waals surface area contributed by atoms with E-state index in [4.69, 9.17) is 10.2 Å². The molecule has 1 N–H and O–H groups in total. The molecule has 0 saturated carbocycles. The smallest absolute Gasteiger partial charge is 0.221 e. The highest BCUT2D eigenvalue weighted by atomic mass is 16.6. The Balaban J connectivity index is 1.94. The summed E-state index contributed by atoms with van der Waals surface area (Å²) in [6.45, 7) is 19.3. The van der Waals surface area contributed by atoms with Gasteiger partial charge in [0, 0.05) is 6.72 Å². The summed E-state index contributed by atoms with van der Waals surface area (Å²) in [6.07, 6.45) is 2.81. The van der Waals surface area contributed by atoms with Gasteiger partial charge < -0.3 is 4.84 Å². The second-order valence-electron chi connectivity index (χ2n) is 9.48. The number of benzene rings is 2. The fraction of sp³-hybridized carbons (Fsp3) is 0.385. The third-order valence-electron chi connectivity index (χ3n) is 6.36. The average Bonchev–Trinajstić information content (AvgIpc) is 2.65. The maximum Gasteiger partial charge on any atom is 0.221 e. The topological polar surface area (TPSA) is 45.4 Å². The van der Waals surface area contributed by atoms with E-state index in [2.05, 4.69) is 77.3 Å². The van der Waals surface area contributed by atoms with E-state index >= 15 is 0 Å². The molecule has 0 heterocycles. The van der Waals surface area contributed by atoms with Crippen molar-refractivity contribution in [3.63, 3.8) is 0 Å². The molecule has 0 unspecified atom stereocenters. The van der Waals surface area contributed by atoms with Gasteiger partial charge in [0.2, 0.25) is 5.90 Å². The summed E-state index contributed by atoms with van der Waals surface area (Å²) in [4.78, 5) is 4.78. The molecular weight excluding hydrogens is 356 g/mol. The lowest BCUT2D eigenvalue weighted by Gasteiger charge is -2.42. The lowest BCUT2D eigenvalue weighted by molar-refractivity contribution is 0.321. The minimum atomic E-state index is 0.0851. The highest BCUT2D eigenvalue weighted by Crippen LogP contribution is 2.47. The van der Waals surface area contributed by atoms with Gasteiger partial charge >= 0.3 is 0 Å². The molecule has 2 aromatic rings. The predicted molar refractivity (Wildman–Crippen MR) is 123 cm³/mol. The fourth-order valence-corrected chi connectivity index (χ4v) is 4.32. The Bertz CT molecular complexity index is 965. The fourth-order valence-electron chi connectivity index (χ4n) is 4.32. The van der Waals surface area contributed by atoms with Crippen LogP contribution in [0.4, 0.5) is 0 Å². The van der Waals surface area contributed by atoms with E-state index in [1.54, 1.807) is 0 Å². The molecular formula is C26H32N2O. The van der Waals surface area contributed by atoms with Crippen molar-refractivity contribution in [2.24, 2.45) is 5.16 Å². The van der Waals surface area contributed by atoms with E-state index in [1.165, 1.54) is 35.1 Å². The third kappa shape index (κ3) is 4.19. The van der Waals surface area contributed by atoms with E-state index in [0.717, 1.165) is 16.7 Å². The van der Waals surface area contributed by atoms with Crippen LogP contribution in [-0.4, -0.2) is 12.6 Å². The number of nitrogens with zero attached hydrogens (tertiary/aromatic N) is 1. The molecule has 3 heteroatoms. The Labute approximate surface area is 175 Å². The molecule has 0 bridgehead atoms. The van der Waals surface area contributed by atoms with Crippen LogP contribution < -0.4 is 0 Å². The van der Waals surface area contributed by atoms with E-state index < -0.39 is 0 Å². The number of oxime groups is 1. The first kappa shape index (κ1) is 21.0. The van der Waals surface area contributed by atoms with Crippen molar-refractivity contribution >= 4 is 18.2 Å². The summed E-state index contributed by atoms with van der Waals surface area (Å²) in [5.41, 5.74) is 8.95. The van der Waals surface area contributed by atoms with Crippen molar-refractivity contribution in [1.29, 1.82) is 5.41 Å². The second-order valence-corrected chi connectivity index (χ2v) is 9.48. The van der Waals surface area contributed by atoms with Gasteiger partial charge in [-0.3, -0.25) is 5.41 Å². The Hall–Kier alpha value is -2.68. The van der Waals surface area contributed by atoms with Gasteiger partial charge in [0.05, 0.1) is 6.42 Å². The summed E-state index contributed by atoms with van der Waals surface area (Å²) in [5.74, 6) is 0.0851. The van der Waals surface area contributed by atoms with E-state index in [9.17, 15) is 0 Å². The molecule has 0 spiro atoms. The number of nitrogens with one attached hydrogen (secondary N) is 1. The van der Waals surface area contributed by atoms with Crippen LogP contribution in [0.2, 0.25) is 0 Å². The lowest BCUT2D eigenvalue weighted by Crippen LogP contribution is -2.34. The van der Waals surface area contributed by atoms with Gasteiger partial charge in [-0.05, 0) is 69.5 Å². The standard InChI is InChI=1S/C26H32N2O/c1-17-14-22-23(26(5,6)13-12-25(22,3)4)16-21(17)18(2)20-10-8-19(9-11-20)15-24(27)29-28-7/h8-11,14,16,27H,2,7,12-13,15H2,1,3-6H3. The van der Waals surface area contributed by atoms with Gasteiger partial charge in [0.1, 0.15) is 0 Å². The van der Waals surface area contributed by atoms with Gasteiger partial charge in [-0.2, -0.15) is 0 Å². The molecule has 2 aromatic carbocycles. The van der Waals surface area contributed by atoms with Gasteiger partial charge in [-0.15, -0.1) is 0 Å².